The molecule has 3 rings (SSSR count). The number of hydrogen-bond donors (Lipinski definition) is 2. The number of carbonyl (C=O) groups is 1. The maximum absolute atomic E-state index is 12.2. The van der Waals surface area contributed by atoms with Gasteiger partial charge in [-0.05, 0) is 25.1 Å². The van der Waals surface area contributed by atoms with E-state index in [-0.39, 0.29) is 42.9 Å². The third-order valence-electron chi connectivity index (χ3n) is 3.35. The number of pyridine rings is 1. The van der Waals surface area contributed by atoms with Gasteiger partial charge in [-0.2, -0.15) is 5.10 Å². The van der Waals surface area contributed by atoms with Crippen molar-refractivity contribution in [2.45, 2.75) is 19.1 Å². The van der Waals surface area contributed by atoms with E-state index in [0.29, 0.717) is 24.7 Å². The van der Waals surface area contributed by atoms with Gasteiger partial charge < -0.3 is 15.4 Å². The predicted octanol–water partition coefficient (Wildman–Crippen LogP) is 1.43. The van der Waals surface area contributed by atoms with Crippen LogP contribution in [0.2, 0.25) is 0 Å². The molecule has 1 fully saturated rings. The van der Waals surface area contributed by atoms with Crippen LogP contribution in [0.25, 0.3) is 5.82 Å². The van der Waals surface area contributed by atoms with Crippen LogP contribution in [-0.2, 0) is 9.53 Å². The van der Waals surface area contributed by atoms with Gasteiger partial charge in [0.1, 0.15) is 6.04 Å². The summed E-state index contributed by atoms with van der Waals surface area (Å²) in [6.45, 7) is 3.19. The number of hydrogen-bond acceptors (Lipinski definition) is 5. The lowest BCUT2D eigenvalue weighted by Crippen LogP contribution is -2.53. The number of ether oxygens (including phenoxy) is 1. The quantitative estimate of drug-likeness (QED) is 0.866. The van der Waals surface area contributed by atoms with Crippen LogP contribution in [0.15, 0.2) is 36.8 Å². The average molecular weight is 360 g/mol. The Morgan fingerprint density at radius 3 is 2.87 bits per heavy atom. The van der Waals surface area contributed by atoms with Crippen LogP contribution in [0.3, 0.4) is 0 Å². The SMILES string of the molecule is C[C@H]1OCCN[C@@H]1C(=O)Nc1ccc(-n2cccn2)nc1.Cl.Cl. The molecule has 2 atom stereocenters. The highest BCUT2D eigenvalue weighted by Gasteiger charge is 2.28. The van der Waals surface area contributed by atoms with Gasteiger partial charge in [0.05, 0.1) is 24.6 Å². The van der Waals surface area contributed by atoms with Gasteiger partial charge in [-0.3, -0.25) is 4.79 Å². The fourth-order valence-electron chi connectivity index (χ4n) is 2.25. The summed E-state index contributed by atoms with van der Waals surface area (Å²) >= 11 is 0. The van der Waals surface area contributed by atoms with Crippen LogP contribution in [0.1, 0.15) is 6.92 Å². The number of aromatic nitrogens is 3. The molecule has 1 aliphatic heterocycles. The predicted molar refractivity (Wildman–Crippen MR) is 91.7 cm³/mol. The van der Waals surface area contributed by atoms with Crippen molar-refractivity contribution in [3.05, 3.63) is 36.8 Å². The van der Waals surface area contributed by atoms with E-state index >= 15 is 0 Å². The molecule has 0 saturated carbocycles. The van der Waals surface area contributed by atoms with Crippen molar-refractivity contribution in [2.75, 3.05) is 18.5 Å². The Hall–Kier alpha value is -1.67. The minimum absolute atomic E-state index is 0. The largest absolute Gasteiger partial charge is 0.375 e. The maximum atomic E-state index is 12.2. The summed E-state index contributed by atoms with van der Waals surface area (Å²) in [4.78, 5) is 16.5. The van der Waals surface area contributed by atoms with Crippen LogP contribution in [0.4, 0.5) is 5.69 Å². The highest BCUT2D eigenvalue weighted by molar-refractivity contribution is 5.95. The van der Waals surface area contributed by atoms with Crippen molar-refractivity contribution < 1.29 is 9.53 Å². The van der Waals surface area contributed by atoms with E-state index in [1.807, 2.05) is 19.2 Å². The van der Waals surface area contributed by atoms with E-state index in [0.717, 1.165) is 0 Å². The summed E-state index contributed by atoms with van der Waals surface area (Å²) in [6.07, 6.45) is 4.97. The summed E-state index contributed by atoms with van der Waals surface area (Å²) < 4.78 is 7.12. The van der Waals surface area contributed by atoms with Crippen LogP contribution in [0.5, 0.6) is 0 Å². The third kappa shape index (κ3) is 4.65. The number of rotatable bonds is 3. The molecule has 0 aliphatic carbocycles. The number of nitrogens with zero attached hydrogens (tertiary/aromatic N) is 3. The molecule has 3 heterocycles. The molecular weight excluding hydrogens is 341 g/mol. The molecule has 0 unspecified atom stereocenters. The van der Waals surface area contributed by atoms with E-state index < -0.39 is 0 Å². The Bertz CT molecular complexity index is 606. The average Bonchev–Trinajstić information content (AvgIpc) is 3.02. The van der Waals surface area contributed by atoms with E-state index in [1.165, 1.54) is 0 Å². The molecule has 7 nitrogen and oxygen atoms in total. The number of anilines is 1. The molecule has 0 spiro atoms. The lowest BCUT2D eigenvalue weighted by molar-refractivity contribution is -0.123. The first-order valence-electron chi connectivity index (χ1n) is 6.86. The molecule has 2 aromatic rings. The molecule has 23 heavy (non-hydrogen) atoms. The molecule has 2 aromatic heterocycles. The van der Waals surface area contributed by atoms with Gasteiger partial charge in [-0.25, -0.2) is 9.67 Å². The Morgan fingerprint density at radius 2 is 2.26 bits per heavy atom. The first-order valence-corrected chi connectivity index (χ1v) is 6.86. The van der Waals surface area contributed by atoms with Crippen molar-refractivity contribution in [3.8, 4) is 5.82 Å². The van der Waals surface area contributed by atoms with Crippen molar-refractivity contribution in [3.63, 3.8) is 0 Å². The van der Waals surface area contributed by atoms with Crippen LogP contribution < -0.4 is 10.6 Å². The second-order valence-electron chi connectivity index (χ2n) is 4.85. The Balaban J connectivity index is 0.00000132. The van der Waals surface area contributed by atoms with Gasteiger partial charge in [0.2, 0.25) is 5.91 Å². The summed E-state index contributed by atoms with van der Waals surface area (Å²) in [5, 5.41) is 10.1. The van der Waals surface area contributed by atoms with Gasteiger partial charge in [0, 0.05) is 18.9 Å². The summed E-state index contributed by atoms with van der Waals surface area (Å²) in [6, 6.07) is 5.09. The molecular formula is C14H19Cl2N5O2. The second-order valence-corrected chi connectivity index (χ2v) is 4.85. The molecule has 9 heteroatoms. The number of carbonyl (C=O) groups excluding carboxylic acids is 1. The normalized spacial score (nSPS) is 20.0. The van der Waals surface area contributed by atoms with E-state index in [9.17, 15) is 4.79 Å². The van der Waals surface area contributed by atoms with Gasteiger partial charge >= 0.3 is 0 Å². The summed E-state index contributed by atoms with van der Waals surface area (Å²) in [7, 11) is 0. The van der Waals surface area contributed by atoms with E-state index in [1.54, 1.807) is 29.2 Å². The van der Waals surface area contributed by atoms with Gasteiger partial charge in [-0.1, -0.05) is 0 Å². The lowest BCUT2D eigenvalue weighted by atomic mass is 10.1. The highest BCUT2D eigenvalue weighted by Crippen LogP contribution is 2.11. The zero-order chi connectivity index (χ0) is 14.7. The third-order valence-corrected chi connectivity index (χ3v) is 3.35. The molecule has 0 bridgehead atoms. The number of nitrogens with one attached hydrogen (secondary N) is 2. The molecule has 2 N–H and O–H groups in total. The maximum Gasteiger partial charge on any atom is 0.244 e. The molecule has 1 saturated heterocycles. The summed E-state index contributed by atoms with van der Waals surface area (Å²) in [5.41, 5.74) is 0.649. The lowest BCUT2D eigenvalue weighted by Gasteiger charge is -2.29. The van der Waals surface area contributed by atoms with Gasteiger partial charge in [-0.15, -0.1) is 24.8 Å². The summed E-state index contributed by atoms with van der Waals surface area (Å²) in [5.74, 6) is 0.585. The molecule has 0 radical (unpaired) electrons. The molecule has 1 aliphatic rings. The van der Waals surface area contributed by atoms with Crippen LogP contribution in [-0.4, -0.2) is 46.0 Å². The fraction of sp³-hybridized carbons (Fsp3) is 0.357. The van der Waals surface area contributed by atoms with Crippen molar-refractivity contribution in [2.24, 2.45) is 0 Å². The highest BCUT2D eigenvalue weighted by atomic mass is 35.5. The van der Waals surface area contributed by atoms with Crippen LogP contribution >= 0.6 is 24.8 Å². The Labute approximate surface area is 146 Å². The van der Waals surface area contributed by atoms with E-state index in [4.69, 9.17) is 4.74 Å². The molecule has 0 aromatic carbocycles. The minimum Gasteiger partial charge on any atom is -0.375 e. The van der Waals surface area contributed by atoms with Crippen molar-refractivity contribution >= 4 is 36.4 Å². The van der Waals surface area contributed by atoms with Crippen LogP contribution in [0, 0.1) is 0 Å². The number of halogens is 2. The minimum atomic E-state index is -0.343. The first-order chi connectivity index (χ1) is 10.2. The van der Waals surface area contributed by atoms with E-state index in [2.05, 4.69) is 20.7 Å². The van der Waals surface area contributed by atoms with Crippen molar-refractivity contribution in [1.29, 1.82) is 0 Å². The zero-order valence-electron chi connectivity index (χ0n) is 12.5. The molecule has 1 amide bonds. The second kappa shape index (κ2) is 8.83. The molecule has 126 valence electrons. The fourth-order valence-corrected chi connectivity index (χ4v) is 2.25. The van der Waals surface area contributed by atoms with Gasteiger partial charge in [0.15, 0.2) is 5.82 Å². The number of amides is 1. The standard InChI is InChI=1S/C14H17N5O2.2ClH/c1-10-13(15-6-8-21-10)14(20)18-11-3-4-12(16-9-11)19-7-2-5-17-19;;/h2-5,7,9-10,13,15H,6,8H2,1H3,(H,18,20);2*1H/t10-,13+;;/m1../s1. The van der Waals surface area contributed by atoms with Gasteiger partial charge in [0.25, 0.3) is 0 Å². The number of morpholine rings is 1. The van der Waals surface area contributed by atoms with Crippen molar-refractivity contribution in [1.82, 2.24) is 20.1 Å². The topological polar surface area (TPSA) is 81.1 Å². The first kappa shape index (κ1) is 19.4. The smallest absolute Gasteiger partial charge is 0.244 e. The zero-order valence-corrected chi connectivity index (χ0v) is 14.1. The monoisotopic (exact) mass is 359 g/mol. The Morgan fingerprint density at radius 1 is 1.43 bits per heavy atom. The Kier molecular flexibility index (Phi) is 7.44.